The fourth-order valence-corrected chi connectivity index (χ4v) is 3.86. The molecule has 25 heavy (non-hydrogen) atoms. The van der Waals surface area contributed by atoms with Crippen molar-refractivity contribution in [1.29, 1.82) is 0 Å². The molecular formula is C15H18N4O5S. The molecule has 9 nitrogen and oxygen atoms in total. The number of anilines is 1. The Morgan fingerprint density at radius 3 is 2.92 bits per heavy atom. The summed E-state index contributed by atoms with van der Waals surface area (Å²) >= 11 is 0. The molecule has 2 aromatic rings. The van der Waals surface area contributed by atoms with Gasteiger partial charge in [-0.1, -0.05) is 11.2 Å². The number of hydrogen-bond donors (Lipinski definition) is 1. The first-order valence-electron chi connectivity index (χ1n) is 7.64. The highest BCUT2D eigenvalue weighted by molar-refractivity contribution is 7.88. The average Bonchev–Trinajstić information content (AvgIpc) is 3.23. The topological polar surface area (TPSA) is 115 Å². The van der Waals surface area contributed by atoms with Gasteiger partial charge in [0.15, 0.2) is 0 Å². The van der Waals surface area contributed by atoms with Crippen LogP contribution in [-0.4, -0.2) is 54.8 Å². The van der Waals surface area contributed by atoms with Gasteiger partial charge in [-0.3, -0.25) is 10.1 Å². The van der Waals surface area contributed by atoms with Crippen molar-refractivity contribution in [2.24, 2.45) is 0 Å². The van der Waals surface area contributed by atoms with E-state index in [1.807, 2.05) is 0 Å². The summed E-state index contributed by atoms with van der Waals surface area (Å²) in [5.41, 5.74) is 0.644. The molecule has 1 saturated heterocycles. The third-order valence-electron chi connectivity index (χ3n) is 3.90. The fraction of sp³-hybridized carbons (Fsp3) is 0.400. The molecule has 1 atom stereocenters. The summed E-state index contributed by atoms with van der Waals surface area (Å²) in [6, 6.07) is 6.21. The minimum atomic E-state index is -3.44. The highest BCUT2D eigenvalue weighted by Gasteiger charge is 2.37. The second kappa shape index (κ2) is 6.81. The van der Waals surface area contributed by atoms with Crippen LogP contribution in [0, 0.1) is 0 Å². The maximum Gasteiger partial charge on any atom is 0.322 e. The van der Waals surface area contributed by atoms with Crippen LogP contribution in [0.5, 0.6) is 5.75 Å². The zero-order valence-corrected chi connectivity index (χ0v) is 14.6. The van der Waals surface area contributed by atoms with Crippen molar-refractivity contribution in [1.82, 2.24) is 14.5 Å². The molecule has 10 heteroatoms. The third-order valence-corrected chi connectivity index (χ3v) is 5.19. The Hall–Kier alpha value is -2.46. The predicted octanol–water partition coefficient (Wildman–Crippen LogP) is 1.11. The maximum atomic E-state index is 12.4. The summed E-state index contributed by atoms with van der Waals surface area (Å²) in [5, 5.41) is 10.2. The summed E-state index contributed by atoms with van der Waals surface area (Å²) in [7, 11) is -1.89. The van der Waals surface area contributed by atoms with Gasteiger partial charge in [0, 0.05) is 12.1 Å². The number of sulfonamides is 1. The first kappa shape index (κ1) is 17.4. The molecule has 1 aromatic carbocycles. The van der Waals surface area contributed by atoms with E-state index in [1.54, 1.807) is 31.4 Å². The van der Waals surface area contributed by atoms with Gasteiger partial charge in [-0.25, -0.2) is 8.42 Å². The van der Waals surface area contributed by atoms with Crippen molar-refractivity contribution < 1.29 is 22.4 Å². The van der Waals surface area contributed by atoms with E-state index in [9.17, 15) is 13.2 Å². The summed E-state index contributed by atoms with van der Waals surface area (Å²) in [5.74, 6) is 0.375. The Balaban J connectivity index is 1.74. The molecule has 1 N–H and O–H groups in total. The normalized spacial score (nSPS) is 18.2. The van der Waals surface area contributed by atoms with Gasteiger partial charge in [-0.2, -0.15) is 4.31 Å². The molecule has 2 heterocycles. The monoisotopic (exact) mass is 366 g/mol. The minimum absolute atomic E-state index is 0.0804. The van der Waals surface area contributed by atoms with Crippen molar-refractivity contribution >= 4 is 21.9 Å². The van der Waals surface area contributed by atoms with Crippen LogP contribution >= 0.6 is 0 Å². The molecule has 1 unspecified atom stereocenters. The molecular weight excluding hydrogens is 348 g/mol. The zero-order valence-electron chi connectivity index (χ0n) is 13.8. The van der Waals surface area contributed by atoms with Crippen molar-refractivity contribution in [2.45, 2.75) is 18.9 Å². The number of aromatic nitrogens is 2. The smallest absolute Gasteiger partial charge is 0.322 e. The summed E-state index contributed by atoms with van der Waals surface area (Å²) < 4.78 is 35.2. The standard InChI is InChI=1S/C15H18N4O5S/c1-23-11-6-3-5-10(9-11)14-17-18-15(24-14)16-13(20)12-7-4-8-19(12)25(2,21)22/h3,5-6,9,12H,4,7-8H2,1-2H3,(H,16,18,20). The van der Waals surface area contributed by atoms with E-state index in [4.69, 9.17) is 9.15 Å². The van der Waals surface area contributed by atoms with Crippen LogP contribution in [0.3, 0.4) is 0 Å². The van der Waals surface area contributed by atoms with Gasteiger partial charge in [-0.05, 0) is 31.0 Å². The molecule has 0 saturated carbocycles. The number of amides is 1. The lowest BCUT2D eigenvalue weighted by Gasteiger charge is -2.20. The number of carbonyl (C=O) groups is 1. The zero-order chi connectivity index (χ0) is 18.0. The van der Waals surface area contributed by atoms with E-state index in [-0.39, 0.29) is 11.9 Å². The number of carbonyl (C=O) groups excluding carboxylic acids is 1. The molecule has 1 fully saturated rings. The van der Waals surface area contributed by atoms with Crippen LogP contribution in [0.25, 0.3) is 11.5 Å². The van der Waals surface area contributed by atoms with Crippen molar-refractivity contribution in [3.63, 3.8) is 0 Å². The first-order valence-corrected chi connectivity index (χ1v) is 9.49. The van der Waals surface area contributed by atoms with Crippen LogP contribution in [-0.2, 0) is 14.8 Å². The van der Waals surface area contributed by atoms with Crippen molar-refractivity contribution in [3.8, 4) is 17.2 Å². The fourth-order valence-electron chi connectivity index (χ4n) is 2.73. The molecule has 1 aromatic heterocycles. The number of hydrogen-bond acceptors (Lipinski definition) is 7. The molecule has 0 aliphatic carbocycles. The minimum Gasteiger partial charge on any atom is -0.497 e. The first-order chi connectivity index (χ1) is 11.9. The van der Waals surface area contributed by atoms with E-state index >= 15 is 0 Å². The Labute approximate surface area is 145 Å². The van der Waals surface area contributed by atoms with Crippen molar-refractivity contribution in [3.05, 3.63) is 24.3 Å². The lowest BCUT2D eigenvalue weighted by molar-refractivity contribution is -0.119. The number of nitrogens with zero attached hydrogens (tertiary/aromatic N) is 3. The summed E-state index contributed by atoms with van der Waals surface area (Å²) in [4.78, 5) is 12.4. The number of nitrogens with one attached hydrogen (secondary N) is 1. The Morgan fingerprint density at radius 2 is 2.20 bits per heavy atom. The predicted molar refractivity (Wildman–Crippen MR) is 89.5 cm³/mol. The quantitative estimate of drug-likeness (QED) is 0.843. The molecule has 3 rings (SSSR count). The number of methoxy groups -OCH3 is 1. The van der Waals surface area contributed by atoms with Gasteiger partial charge in [0.05, 0.1) is 13.4 Å². The number of benzene rings is 1. The van der Waals surface area contributed by atoms with Crippen LogP contribution in [0.4, 0.5) is 6.01 Å². The third kappa shape index (κ3) is 3.80. The summed E-state index contributed by atoms with van der Waals surface area (Å²) in [6.07, 6.45) is 2.17. The Bertz CT molecular complexity index is 880. The SMILES string of the molecule is COc1cccc(-c2nnc(NC(=O)C3CCCN3S(C)(=O)=O)o2)c1. The average molecular weight is 366 g/mol. The van der Waals surface area contributed by atoms with E-state index in [2.05, 4.69) is 15.5 Å². The van der Waals surface area contributed by atoms with Gasteiger partial charge >= 0.3 is 6.01 Å². The second-order valence-corrected chi connectivity index (χ2v) is 7.60. The van der Waals surface area contributed by atoms with Gasteiger partial charge in [-0.15, -0.1) is 5.10 Å². The molecule has 0 radical (unpaired) electrons. The largest absolute Gasteiger partial charge is 0.497 e. The van der Waals surface area contributed by atoms with Crippen LogP contribution < -0.4 is 10.1 Å². The highest BCUT2D eigenvalue weighted by Crippen LogP contribution is 2.25. The van der Waals surface area contributed by atoms with Crippen LogP contribution in [0.1, 0.15) is 12.8 Å². The van der Waals surface area contributed by atoms with E-state index in [1.165, 1.54) is 4.31 Å². The van der Waals surface area contributed by atoms with Crippen LogP contribution in [0.15, 0.2) is 28.7 Å². The molecule has 134 valence electrons. The van der Waals surface area contributed by atoms with Crippen molar-refractivity contribution in [2.75, 3.05) is 25.2 Å². The molecule has 1 aliphatic heterocycles. The number of ether oxygens (including phenoxy) is 1. The van der Waals surface area contributed by atoms with Gasteiger partial charge in [0.1, 0.15) is 11.8 Å². The lowest BCUT2D eigenvalue weighted by atomic mass is 10.2. The van der Waals surface area contributed by atoms with E-state index in [0.717, 1.165) is 6.26 Å². The maximum absolute atomic E-state index is 12.4. The highest BCUT2D eigenvalue weighted by atomic mass is 32.2. The lowest BCUT2D eigenvalue weighted by Crippen LogP contribution is -2.42. The summed E-state index contributed by atoms with van der Waals surface area (Å²) in [6.45, 7) is 0.329. The number of rotatable bonds is 5. The Morgan fingerprint density at radius 1 is 1.40 bits per heavy atom. The Kier molecular flexibility index (Phi) is 4.73. The van der Waals surface area contributed by atoms with E-state index in [0.29, 0.717) is 30.7 Å². The van der Waals surface area contributed by atoms with Gasteiger partial charge in [0.2, 0.25) is 21.8 Å². The van der Waals surface area contributed by atoms with Gasteiger partial charge < -0.3 is 9.15 Å². The molecule has 0 bridgehead atoms. The molecule has 1 amide bonds. The second-order valence-electron chi connectivity index (χ2n) is 5.67. The van der Waals surface area contributed by atoms with Crippen LogP contribution in [0.2, 0.25) is 0 Å². The molecule has 1 aliphatic rings. The molecule has 0 spiro atoms. The van der Waals surface area contributed by atoms with Gasteiger partial charge in [0.25, 0.3) is 0 Å². The van der Waals surface area contributed by atoms with E-state index < -0.39 is 22.0 Å².